The van der Waals surface area contributed by atoms with Crippen LogP contribution in [0.3, 0.4) is 0 Å². The van der Waals surface area contributed by atoms with E-state index in [4.69, 9.17) is 0 Å². The maximum absolute atomic E-state index is 13.4. The van der Waals surface area contributed by atoms with Gasteiger partial charge in [0, 0.05) is 24.6 Å². The fourth-order valence-electron chi connectivity index (χ4n) is 1.24. The zero-order chi connectivity index (χ0) is 19.4. The number of nitrogens with one attached hydrogen (secondary N) is 2. The predicted octanol–water partition coefficient (Wildman–Crippen LogP) is 1.62. The van der Waals surface area contributed by atoms with Gasteiger partial charge in [-0.3, -0.25) is 9.59 Å². The molecule has 0 rings (SSSR count). The summed E-state index contributed by atoms with van der Waals surface area (Å²) in [7, 11) is 0. The van der Waals surface area contributed by atoms with Crippen molar-refractivity contribution in [1.82, 2.24) is 10.6 Å². The number of amides is 2. The molecule has 24 heavy (non-hydrogen) atoms. The van der Waals surface area contributed by atoms with Gasteiger partial charge >= 0.3 is 23.7 Å². The molecule has 0 aliphatic rings. The van der Waals surface area contributed by atoms with E-state index in [1.54, 1.807) is 0 Å². The Morgan fingerprint density at radius 2 is 0.917 bits per heavy atom. The van der Waals surface area contributed by atoms with E-state index < -0.39 is 48.6 Å². The summed E-state index contributed by atoms with van der Waals surface area (Å²) in [6.45, 7) is -1.42. The summed E-state index contributed by atoms with van der Waals surface area (Å²) in [5.74, 6) is -32.6. The van der Waals surface area contributed by atoms with Crippen molar-refractivity contribution in [3.63, 3.8) is 0 Å². The van der Waals surface area contributed by atoms with Crippen LogP contribution in [0.25, 0.3) is 0 Å². The molecule has 0 aliphatic carbocycles. The second kappa shape index (κ2) is 7.97. The number of carbonyl (C=O) groups excluding carboxylic acids is 2. The second-order valence-corrected chi connectivity index (χ2v) is 5.15. The minimum Gasteiger partial charge on any atom is -0.350 e. The highest BCUT2D eigenvalue weighted by Gasteiger charge is 2.84. The highest BCUT2D eigenvalue weighted by molar-refractivity contribution is 7.80. The molecule has 4 nitrogen and oxygen atoms in total. The van der Waals surface area contributed by atoms with Crippen LogP contribution >= 0.6 is 25.3 Å². The number of rotatable bonds is 9. The lowest BCUT2D eigenvalue weighted by Gasteiger charge is -2.35. The molecule has 0 aromatic rings. The molecule has 2 N–H and O–H groups in total. The number of alkyl halides is 8. The van der Waals surface area contributed by atoms with Crippen LogP contribution in [0.1, 0.15) is 0 Å². The maximum atomic E-state index is 13.4. The van der Waals surface area contributed by atoms with E-state index in [2.05, 4.69) is 25.3 Å². The van der Waals surface area contributed by atoms with Gasteiger partial charge in [0.2, 0.25) is 0 Å². The molecule has 0 spiro atoms. The molecule has 0 aromatic heterocycles. The summed E-state index contributed by atoms with van der Waals surface area (Å²) in [5, 5.41) is 2.26. The normalized spacial score (nSPS) is 13.6. The van der Waals surface area contributed by atoms with Gasteiger partial charge in [-0.2, -0.15) is 60.4 Å². The summed E-state index contributed by atoms with van der Waals surface area (Å²) in [4.78, 5) is 21.8. The third-order valence-electron chi connectivity index (χ3n) is 2.55. The van der Waals surface area contributed by atoms with Crippen LogP contribution < -0.4 is 10.6 Å². The van der Waals surface area contributed by atoms with Gasteiger partial charge in [-0.15, -0.1) is 0 Å². The van der Waals surface area contributed by atoms with Crippen molar-refractivity contribution in [2.24, 2.45) is 0 Å². The summed E-state index contributed by atoms with van der Waals surface area (Å²) >= 11 is 6.90. The number of hydrogen-bond donors (Lipinski definition) is 4. The standard InChI is InChI=1S/C10H12F8N2O2S2/c11-7(12,5(21)19-1-3-23)9(15,16)10(17,18)8(13,14)6(22)20-2-4-24/h23-24H,1-4H2,(H,19,21)(H,20,22). The molecule has 0 heterocycles. The molecule has 0 aromatic carbocycles. The fourth-order valence-corrected chi connectivity index (χ4v) is 1.46. The third-order valence-corrected chi connectivity index (χ3v) is 3.00. The summed E-state index contributed by atoms with van der Waals surface area (Å²) in [5.41, 5.74) is 0. The molecule has 14 heteroatoms. The van der Waals surface area contributed by atoms with E-state index in [0.29, 0.717) is 0 Å². The van der Waals surface area contributed by atoms with Crippen LogP contribution in [0, 0.1) is 0 Å². The highest BCUT2D eigenvalue weighted by Crippen LogP contribution is 2.52. The van der Waals surface area contributed by atoms with Crippen LogP contribution in [-0.2, 0) is 9.59 Å². The number of thiol groups is 2. The average molecular weight is 408 g/mol. The summed E-state index contributed by atoms with van der Waals surface area (Å²) in [6, 6.07) is 0. The molecule has 0 fully saturated rings. The first kappa shape index (κ1) is 23.1. The lowest BCUT2D eigenvalue weighted by molar-refractivity contribution is -0.347. The number of carbonyl (C=O) groups is 2. The quantitative estimate of drug-likeness (QED) is 0.346. The third kappa shape index (κ3) is 4.00. The number of hydrogen-bond acceptors (Lipinski definition) is 4. The van der Waals surface area contributed by atoms with Crippen molar-refractivity contribution in [1.29, 1.82) is 0 Å². The molecular weight excluding hydrogens is 396 g/mol. The monoisotopic (exact) mass is 408 g/mol. The van der Waals surface area contributed by atoms with Gasteiger partial charge in [-0.1, -0.05) is 0 Å². The SMILES string of the molecule is O=C(NCCS)C(F)(F)C(F)(F)C(F)(F)C(F)(F)C(=O)NCCS. The van der Waals surface area contributed by atoms with Gasteiger partial charge in [0.1, 0.15) is 0 Å². The first-order valence-electron chi connectivity index (χ1n) is 6.01. The molecule has 0 saturated heterocycles. The van der Waals surface area contributed by atoms with E-state index >= 15 is 0 Å². The van der Waals surface area contributed by atoms with E-state index in [1.807, 2.05) is 0 Å². The molecule has 2 amide bonds. The van der Waals surface area contributed by atoms with Crippen molar-refractivity contribution in [2.75, 3.05) is 24.6 Å². The minimum absolute atomic E-state index is 0.313. The van der Waals surface area contributed by atoms with E-state index in [9.17, 15) is 44.7 Å². The Kier molecular flexibility index (Phi) is 7.67. The molecule has 0 aliphatic heterocycles. The van der Waals surface area contributed by atoms with Crippen LogP contribution in [0.15, 0.2) is 0 Å². The molecule has 0 saturated carbocycles. The van der Waals surface area contributed by atoms with Crippen molar-refractivity contribution >= 4 is 37.1 Å². The summed E-state index contributed by atoms with van der Waals surface area (Å²) < 4.78 is 107. The van der Waals surface area contributed by atoms with Gasteiger partial charge in [-0.05, 0) is 0 Å². The molecule has 0 radical (unpaired) electrons. The molecule has 0 unspecified atom stereocenters. The lowest BCUT2D eigenvalue weighted by Crippen LogP contribution is -2.69. The van der Waals surface area contributed by atoms with Crippen molar-refractivity contribution in [3.8, 4) is 0 Å². The largest absolute Gasteiger partial charge is 0.392 e. The smallest absolute Gasteiger partial charge is 0.350 e. The van der Waals surface area contributed by atoms with Gasteiger partial charge < -0.3 is 10.6 Å². The minimum atomic E-state index is -6.86. The Morgan fingerprint density at radius 1 is 0.667 bits per heavy atom. The zero-order valence-corrected chi connectivity index (χ0v) is 13.4. The first-order valence-corrected chi connectivity index (χ1v) is 7.27. The Morgan fingerprint density at radius 3 is 1.12 bits per heavy atom. The zero-order valence-electron chi connectivity index (χ0n) is 11.6. The molecule has 0 bridgehead atoms. The number of halogens is 8. The molecule has 0 atom stereocenters. The highest BCUT2D eigenvalue weighted by atomic mass is 32.1. The van der Waals surface area contributed by atoms with Crippen molar-refractivity contribution in [3.05, 3.63) is 0 Å². The van der Waals surface area contributed by atoms with E-state index in [0.717, 1.165) is 10.6 Å². The van der Waals surface area contributed by atoms with Crippen LogP contribution in [0.5, 0.6) is 0 Å². The van der Waals surface area contributed by atoms with Crippen molar-refractivity contribution in [2.45, 2.75) is 23.7 Å². The second-order valence-electron chi connectivity index (χ2n) is 4.26. The topological polar surface area (TPSA) is 58.2 Å². The van der Waals surface area contributed by atoms with Gasteiger partial charge in [0.15, 0.2) is 0 Å². The first-order chi connectivity index (χ1) is 10.7. The Hall–Kier alpha value is -0.920. The molecule has 142 valence electrons. The van der Waals surface area contributed by atoms with Crippen molar-refractivity contribution < 1.29 is 44.7 Å². The average Bonchev–Trinajstić information content (AvgIpc) is 2.49. The van der Waals surface area contributed by atoms with E-state index in [-0.39, 0.29) is 11.5 Å². The van der Waals surface area contributed by atoms with Gasteiger partial charge in [-0.25, -0.2) is 0 Å². The fraction of sp³-hybridized carbons (Fsp3) is 0.800. The van der Waals surface area contributed by atoms with Crippen LogP contribution in [0.4, 0.5) is 35.1 Å². The Labute approximate surface area is 141 Å². The van der Waals surface area contributed by atoms with Crippen LogP contribution in [-0.4, -0.2) is 60.1 Å². The summed E-state index contributed by atoms with van der Waals surface area (Å²) in [6.07, 6.45) is 0. The Bertz CT molecular complexity index is 434. The maximum Gasteiger partial charge on any atom is 0.392 e. The van der Waals surface area contributed by atoms with E-state index in [1.165, 1.54) is 0 Å². The lowest BCUT2D eigenvalue weighted by atomic mass is 9.97. The molecular formula is C10H12F8N2O2S2. The van der Waals surface area contributed by atoms with Gasteiger partial charge in [0.05, 0.1) is 0 Å². The Balaban J connectivity index is 5.70. The van der Waals surface area contributed by atoms with Crippen LogP contribution in [0.2, 0.25) is 0 Å². The predicted molar refractivity (Wildman–Crippen MR) is 73.5 cm³/mol. The van der Waals surface area contributed by atoms with Gasteiger partial charge in [0.25, 0.3) is 11.8 Å².